The lowest BCUT2D eigenvalue weighted by Gasteiger charge is -2.34. The van der Waals surface area contributed by atoms with Crippen LogP contribution in [0.2, 0.25) is 0 Å². The van der Waals surface area contributed by atoms with Gasteiger partial charge in [0, 0.05) is 58.1 Å². The van der Waals surface area contributed by atoms with Crippen molar-refractivity contribution in [2.24, 2.45) is 5.73 Å². The van der Waals surface area contributed by atoms with Crippen molar-refractivity contribution in [3.63, 3.8) is 0 Å². The zero-order valence-electron chi connectivity index (χ0n) is 10.1. The number of nitrogens with zero attached hydrogens (tertiary/aromatic N) is 2. The quantitative estimate of drug-likeness (QED) is 0.774. The normalized spacial score (nSPS) is 17.4. The summed E-state index contributed by atoms with van der Waals surface area (Å²) in [5.41, 5.74) is 6.69. The molecule has 0 aliphatic carbocycles. The fourth-order valence-corrected chi connectivity index (χ4v) is 2.15. The predicted octanol–water partition coefficient (Wildman–Crippen LogP) is 0.00770. The van der Waals surface area contributed by atoms with Gasteiger partial charge in [-0.3, -0.25) is 9.69 Å². The second-order valence-electron chi connectivity index (χ2n) is 4.41. The highest BCUT2D eigenvalue weighted by Gasteiger charge is 2.20. The van der Waals surface area contributed by atoms with Crippen molar-refractivity contribution in [1.29, 1.82) is 0 Å². The van der Waals surface area contributed by atoms with Crippen LogP contribution in [-0.2, 0) is 11.3 Å². The van der Waals surface area contributed by atoms with Crippen molar-refractivity contribution in [1.82, 2.24) is 14.8 Å². The van der Waals surface area contributed by atoms with Gasteiger partial charge >= 0.3 is 0 Å². The first kappa shape index (κ1) is 12.1. The molecule has 5 heteroatoms. The molecular formula is C12H20N4O. The van der Waals surface area contributed by atoms with Crippen molar-refractivity contribution >= 4 is 5.91 Å². The molecule has 0 unspecified atom stereocenters. The van der Waals surface area contributed by atoms with E-state index in [1.165, 1.54) is 5.56 Å². The Balaban J connectivity index is 1.76. The summed E-state index contributed by atoms with van der Waals surface area (Å²) in [6.45, 7) is 4.94. The van der Waals surface area contributed by atoms with Gasteiger partial charge in [0.1, 0.15) is 0 Å². The van der Waals surface area contributed by atoms with Crippen LogP contribution in [-0.4, -0.2) is 53.4 Å². The molecule has 1 aromatic rings. The van der Waals surface area contributed by atoms with E-state index in [0.29, 0.717) is 13.0 Å². The van der Waals surface area contributed by atoms with E-state index in [1.54, 1.807) is 0 Å². The number of hydrogen-bond acceptors (Lipinski definition) is 3. The second kappa shape index (κ2) is 5.84. The molecule has 0 radical (unpaired) electrons. The fraction of sp³-hybridized carbons (Fsp3) is 0.583. The highest BCUT2D eigenvalue weighted by atomic mass is 16.2. The van der Waals surface area contributed by atoms with Gasteiger partial charge in [-0.15, -0.1) is 0 Å². The maximum atomic E-state index is 11.6. The number of carbonyl (C=O) groups excluding carboxylic acids is 1. The summed E-state index contributed by atoms with van der Waals surface area (Å²) in [5.74, 6) is 0.189. The standard InChI is InChI=1S/C12H20N4O/c13-3-1-12(17)16-7-5-15(6-8-16)10-11-2-4-14-9-11/h2,4,9,14H,1,3,5-8,10,13H2. The minimum Gasteiger partial charge on any atom is -0.367 e. The Morgan fingerprint density at radius 2 is 2.12 bits per heavy atom. The van der Waals surface area contributed by atoms with Gasteiger partial charge in [-0.1, -0.05) is 0 Å². The summed E-state index contributed by atoms with van der Waals surface area (Å²) in [6, 6.07) is 2.09. The van der Waals surface area contributed by atoms with Gasteiger partial charge in [0.15, 0.2) is 0 Å². The fourth-order valence-electron chi connectivity index (χ4n) is 2.15. The van der Waals surface area contributed by atoms with Gasteiger partial charge in [-0.05, 0) is 11.6 Å². The molecule has 17 heavy (non-hydrogen) atoms. The van der Waals surface area contributed by atoms with Crippen molar-refractivity contribution < 1.29 is 4.79 Å². The van der Waals surface area contributed by atoms with Gasteiger partial charge < -0.3 is 15.6 Å². The SMILES string of the molecule is NCCC(=O)N1CCN(Cc2cc[nH]c2)CC1. The number of carbonyl (C=O) groups is 1. The Hall–Kier alpha value is -1.33. The first-order chi connectivity index (χ1) is 8.29. The first-order valence-electron chi connectivity index (χ1n) is 6.11. The van der Waals surface area contributed by atoms with Gasteiger partial charge in [0.05, 0.1) is 0 Å². The third kappa shape index (κ3) is 3.31. The number of hydrogen-bond donors (Lipinski definition) is 2. The second-order valence-corrected chi connectivity index (χ2v) is 4.41. The molecule has 1 amide bonds. The molecule has 1 fully saturated rings. The lowest BCUT2D eigenvalue weighted by Crippen LogP contribution is -2.48. The Kier molecular flexibility index (Phi) is 4.17. The third-order valence-electron chi connectivity index (χ3n) is 3.15. The van der Waals surface area contributed by atoms with Crippen molar-refractivity contribution in [2.45, 2.75) is 13.0 Å². The number of amides is 1. The maximum absolute atomic E-state index is 11.6. The molecule has 0 atom stereocenters. The van der Waals surface area contributed by atoms with Crippen LogP contribution >= 0.6 is 0 Å². The maximum Gasteiger partial charge on any atom is 0.223 e. The van der Waals surface area contributed by atoms with Gasteiger partial charge in [0.2, 0.25) is 5.91 Å². The molecule has 2 rings (SSSR count). The average molecular weight is 236 g/mol. The number of nitrogens with one attached hydrogen (secondary N) is 1. The zero-order valence-corrected chi connectivity index (χ0v) is 10.1. The van der Waals surface area contributed by atoms with E-state index < -0.39 is 0 Å². The predicted molar refractivity (Wildman–Crippen MR) is 66.3 cm³/mol. The third-order valence-corrected chi connectivity index (χ3v) is 3.15. The molecule has 1 aliphatic rings. The first-order valence-corrected chi connectivity index (χ1v) is 6.11. The lowest BCUT2D eigenvalue weighted by atomic mass is 10.2. The number of H-pyrrole nitrogens is 1. The molecule has 5 nitrogen and oxygen atoms in total. The summed E-state index contributed by atoms with van der Waals surface area (Å²) in [5, 5.41) is 0. The molecule has 0 spiro atoms. The minimum absolute atomic E-state index is 0.189. The van der Waals surface area contributed by atoms with Crippen LogP contribution < -0.4 is 5.73 Å². The summed E-state index contributed by atoms with van der Waals surface area (Å²) in [7, 11) is 0. The molecule has 0 bridgehead atoms. The molecule has 0 aromatic carbocycles. The monoisotopic (exact) mass is 236 g/mol. The van der Waals surface area contributed by atoms with Crippen molar-refractivity contribution in [2.75, 3.05) is 32.7 Å². The Bertz CT molecular complexity index is 341. The minimum atomic E-state index is 0.189. The van der Waals surface area contributed by atoms with Crippen LogP contribution in [0.25, 0.3) is 0 Å². The number of piperazine rings is 1. The summed E-state index contributed by atoms with van der Waals surface area (Å²) in [6.07, 6.45) is 4.43. The Morgan fingerprint density at radius 3 is 2.71 bits per heavy atom. The molecule has 0 saturated carbocycles. The largest absolute Gasteiger partial charge is 0.367 e. The summed E-state index contributed by atoms with van der Waals surface area (Å²) < 4.78 is 0. The molecule has 94 valence electrons. The van der Waals surface area contributed by atoms with Gasteiger partial charge in [0.25, 0.3) is 0 Å². The molecule has 1 aromatic heterocycles. The van der Waals surface area contributed by atoms with Gasteiger partial charge in [-0.2, -0.15) is 0 Å². The molecule has 1 saturated heterocycles. The molecule has 2 heterocycles. The number of aromatic nitrogens is 1. The number of aromatic amines is 1. The topological polar surface area (TPSA) is 65.4 Å². The lowest BCUT2D eigenvalue weighted by molar-refractivity contribution is -0.132. The van der Waals surface area contributed by atoms with E-state index in [-0.39, 0.29) is 5.91 Å². The van der Waals surface area contributed by atoms with Crippen LogP contribution in [0.1, 0.15) is 12.0 Å². The van der Waals surface area contributed by atoms with Crippen LogP contribution in [0, 0.1) is 0 Å². The molecular weight excluding hydrogens is 216 g/mol. The van der Waals surface area contributed by atoms with Gasteiger partial charge in [-0.25, -0.2) is 0 Å². The van der Waals surface area contributed by atoms with Crippen molar-refractivity contribution in [3.05, 3.63) is 24.0 Å². The van der Waals surface area contributed by atoms with E-state index in [4.69, 9.17) is 5.73 Å². The number of rotatable bonds is 4. The summed E-state index contributed by atoms with van der Waals surface area (Å²) in [4.78, 5) is 19.0. The van der Waals surface area contributed by atoms with Crippen LogP contribution in [0.4, 0.5) is 0 Å². The van der Waals surface area contributed by atoms with Crippen LogP contribution in [0.3, 0.4) is 0 Å². The summed E-state index contributed by atoms with van der Waals surface area (Å²) >= 11 is 0. The van der Waals surface area contributed by atoms with E-state index in [9.17, 15) is 4.79 Å². The highest BCUT2D eigenvalue weighted by molar-refractivity contribution is 5.76. The van der Waals surface area contributed by atoms with Crippen LogP contribution in [0.5, 0.6) is 0 Å². The van der Waals surface area contributed by atoms with Crippen LogP contribution in [0.15, 0.2) is 18.5 Å². The number of nitrogens with two attached hydrogens (primary N) is 1. The molecule has 3 N–H and O–H groups in total. The zero-order chi connectivity index (χ0) is 12.1. The van der Waals surface area contributed by atoms with Crippen molar-refractivity contribution in [3.8, 4) is 0 Å². The van der Waals surface area contributed by atoms with E-state index in [0.717, 1.165) is 32.7 Å². The highest BCUT2D eigenvalue weighted by Crippen LogP contribution is 2.08. The Morgan fingerprint density at radius 1 is 1.35 bits per heavy atom. The average Bonchev–Trinajstić information content (AvgIpc) is 2.83. The van der Waals surface area contributed by atoms with E-state index in [1.807, 2.05) is 17.3 Å². The smallest absolute Gasteiger partial charge is 0.223 e. The molecule has 1 aliphatic heterocycles. The van der Waals surface area contributed by atoms with E-state index >= 15 is 0 Å². The Labute approximate surface area is 102 Å². The van der Waals surface area contributed by atoms with E-state index in [2.05, 4.69) is 16.0 Å².